The first kappa shape index (κ1) is 32.7. The van der Waals surface area contributed by atoms with Crippen LogP contribution in [0.5, 0.6) is 0 Å². The number of hydrogen-bond donors (Lipinski definition) is 6. The number of nitrogens with zero attached hydrogens (tertiary/aromatic N) is 2. The van der Waals surface area contributed by atoms with Crippen LogP contribution in [0.2, 0.25) is 5.02 Å². The SMILES string of the molecule is CSCC(=N)NCC[C@H](CO)NCc1ccc(-n2cc3cc(-c4cc(CCC[C@H](C)N)cc(Cl)c4F)[nH]c3nc2=O)cc1. The lowest BCUT2D eigenvalue weighted by Gasteiger charge is -2.17. The number of nitrogens with two attached hydrogens (primary N) is 1. The van der Waals surface area contributed by atoms with Gasteiger partial charge in [-0.1, -0.05) is 23.7 Å². The molecule has 0 aliphatic carbocycles. The number of hydrogen-bond acceptors (Lipinski definition) is 7. The number of aryl methyl sites for hydroxylation is 1. The monoisotopic (exact) mass is 627 g/mol. The molecule has 12 heteroatoms. The molecule has 0 saturated heterocycles. The molecule has 0 bridgehead atoms. The lowest BCUT2D eigenvalue weighted by molar-refractivity contribution is 0.235. The number of rotatable bonds is 15. The number of aliphatic hydroxyl groups excluding tert-OH is 1. The number of aromatic amines is 1. The molecule has 0 radical (unpaired) electrons. The smallest absolute Gasteiger partial charge is 0.354 e. The van der Waals surface area contributed by atoms with E-state index in [1.807, 2.05) is 37.4 Å². The summed E-state index contributed by atoms with van der Waals surface area (Å²) in [5.74, 6) is 0.586. The summed E-state index contributed by atoms with van der Waals surface area (Å²) in [6.45, 7) is 3.10. The zero-order valence-electron chi connectivity index (χ0n) is 24.4. The summed E-state index contributed by atoms with van der Waals surface area (Å²) in [5.41, 5.74) is 9.13. The number of aromatic nitrogens is 3. The number of amidine groups is 1. The first-order chi connectivity index (χ1) is 20.7. The number of thioether (sulfide) groups is 1. The van der Waals surface area contributed by atoms with Crippen molar-refractivity contribution in [3.05, 3.63) is 81.1 Å². The van der Waals surface area contributed by atoms with Gasteiger partial charge in [-0.15, -0.1) is 0 Å². The normalized spacial score (nSPS) is 12.9. The van der Waals surface area contributed by atoms with E-state index in [4.69, 9.17) is 22.7 Å². The Morgan fingerprint density at radius 3 is 2.70 bits per heavy atom. The third kappa shape index (κ3) is 8.90. The van der Waals surface area contributed by atoms with E-state index in [0.29, 0.717) is 59.1 Å². The number of aliphatic hydroxyl groups is 1. The van der Waals surface area contributed by atoms with Gasteiger partial charge in [-0.3, -0.25) is 9.98 Å². The second-order valence-electron chi connectivity index (χ2n) is 10.7. The van der Waals surface area contributed by atoms with Crippen LogP contribution < -0.4 is 22.1 Å². The Kier molecular flexibility index (Phi) is 11.8. The quantitative estimate of drug-likeness (QED) is 0.0834. The predicted octanol–water partition coefficient (Wildman–Crippen LogP) is 4.61. The fourth-order valence-corrected chi connectivity index (χ4v) is 5.46. The van der Waals surface area contributed by atoms with E-state index in [0.717, 1.165) is 30.4 Å². The lowest BCUT2D eigenvalue weighted by Crippen LogP contribution is -2.36. The molecule has 2 heterocycles. The second kappa shape index (κ2) is 15.5. The van der Waals surface area contributed by atoms with Crippen molar-refractivity contribution in [1.82, 2.24) is 25.2 Å². The van der Waals surface area contributed by atoms with Gasteiger partial charge in [0.25, 0.3) is 0 Å². The van der Waals surface area contributed by atoms with Crippen molar-refractivity contribution in [3.8, 4) is 16.9 Å². The van der Waals surface area contributed by atoms with E-state index in [1.54, 1.807) is 36.2 Å². The highest BCUT2D eigenvalue weighted by Gasteiger charge is 2.16. The van der Waals surface area contributed by atoms with Crippen LogP contribution >= 0.6 is 23.4 Å². The highest BCUT2D eigenvalue weighted by molar-refractivity contribution is 7.99. The molecule has 230 valence electrons. The maximum absolute atomic E-state index is 15.1. The third-order valence-electron chi connectivity index (χ3n) is 7.16. The molecule has 0 unspecified atom stereocenters. The highest BCUT2D eigenvalue weighted by atomic mass is 35.5. The van der Waals surface area contributed by atoms with Crippen molar-refractivity contribution in [1.29, 1.82) is 5.41 Å². The molecule has 7 N–H and O–H groups in total. The van der Waals surface area contributed by atoms with E-state index < -0.39 is 11.5 Å². The molecule has 43 heavy (non-hydrogen) atoms. The maximum atomic E-state index is 15.1. The van der Waals surface area contributed by atoms with Crippen molar-refractivity contribution in [3.63, 3.8) is 0 Å². The Balaban J connectivity index is 1.46. The molecular weight excluding hydrogens is 589 g/mol. The van der Waals surface area contributed by atoms with Crippen LogP contribution in [0.4, 0.5) is 4.39 Å². The van der Waals surface area contributed by atoms with Gasteiger partial charge < -0.3 is 26.5 Å². The van der Waals surface area contributed by atoms with Crippen molar-refractivity contribution >= 4 is 40.2 Å². The maximum Gasteiger partial charge on any atom is 0.354 e. The summed E-state index contributed by atoms with van der Waals surface area (Å²) < 4.78 is 16.5. The van der Waals surface area contributed by atoms with Crippen molar-refractivity contribution in [2.45, 2.75) is 51.2 Å². The molecular formula is C31H39ClFN7O2S. The van der Waals surface area contributed by atoms with Gasteiger partial charge in [-0.25, -0.2) is 9.18 Å². The first-order valence-corrected chi connectivity index (χ1v) is 16.1. The molecule has 2 aromatic heterocycles. The van der Waals surface area contributed by atoms with E-state index in [1.165, 1.54) is 4.57 Å². The van der Waals surface area contributed by atoms with Crippen molar-refractivity contribution < 1.29 is 9.50 Å². The summed E-state index contributed by atoms with van der Waals surface area (Å²) >= 11 is 7.82. The van der Waals surface area contributed by atoms with Crippen LogP contribution in [0.1, 0.15) is 37.3 Å². The van der Waals surface area contributed by atoms with Crippen LogP contribution in [0.15, 0.2) is 53.5 Å². The number of nitrogens with one attached hydrogen (secondary N) is 4. The van der Waals surface area contributed by atoms with Gasteiger partial charge in [0.2, 0.25) is 0 Å². The topological polar surface area (TPSA) is 145 Å². The van der Waals surface area contributed by atoms with Crippen molar-refractivity contribution in [2.24, 2.45) is 5.73 Å². The Hall–Kier alpha value is -3.22. The molecule has 0 spiro atoms. The Labute approximate surface area is 260 Å². The van der Waals surface area contributed by atoms with Gasteiger partial charge in [-0.2, -0.15) is 16.7 Å². The number of halogens is 2. The molecule has 0 aliphatic heterocycles. The first-order valence-electron chi connectivity index (χ1n) is 14.3. The van der Waals surface area contributed by atoms with Gasteiger partial charge in [0.1, 0.15) is 11.5 Å². The largest absolute Gasteiger partial charge is 0.395 e. The zero-order chi connectivity index (χ0) is 30.9. The minimum Gasteiger partial charge on any atom is -0.395 e. The minimum atomic E-state index is -0.529. The zero-order valence-corrected chi connectivity index (χ0v) is 26.0. The Morgan fingerprint density at radius 2 is 2.00 bits per heavy atom. The lowest BCUT2D eigenvalue weighted by atomic mass is 10.0. The average Bonchev–Trinajstić information content (AvgIpc) is 3.39. The van der Waals surface area contributed by atoms with E-state index in [-0.39, 0.29) is 23.7 Å². The summed E-state index contributed by atoms with van der Waals surface area (Å²) in [6, 6.07) is 12.7. The van der Waals surface area contributed by atoms with Gasteiger partial charge in [0.05, 0.1) is 28.8 Å². The van der Waals surface area contributed by atoms with Crippen LogP contribution in [-0.4, -0.2) is 62.7 Å². The standard InChI is InChI=1S/C31H39ClFN7O2S/c1-19(34)4-3-5-21-12-25(29(33)26(32)13-21)27-14-22-16-40(31(42)39-30(22)38-27)24-8-6-20(7-9-24)15-37-23(17-41)10-11-36-28(35)18-43-2/h6-9,12-14,16,19,23,37,41H,3-5,10-11,15,17-18,34H2,1-2H3,(H2,35,36)(H,38,39,42)/t19-,23+/m0/s1. The van der Waals surface area contributed by atoms with Crippen LogP contribution in [0.3, 0.4) is 0 Å². The molecule has 4 aromatic rings. The summed E-state index contributed by atoms with van der Waals surface area (Å²) in [6.07, 6.45) is 6.77. The second-order valence-corrected chi connectivity index (χ2v) is 12.0. The van der Waals surface area contributed by atoms with E-state index in [2.05, 4.69) is 20.6 Å². The molecule has 0 saturated carbocycles. The predicted molar refractivity (Wildman–Crippen MR) is 175 cm³/mol. The Morgan fingerprint density at radius 1 is 1.23 bits per heavy atom. The van der Waals surface area contributed by atoms with Gasteiger partial charge in [0, 0.05) is 42.3 Å². The Bertz CT molecular complexity index is 1590. The summed E-state index contributed by atoms with van der Waals surface area (Å²) in [5, 5.41) is 24.6. The van der Waals surface area contributed by atoms with Crippen molar-refractivity contribution in [2.75, 3.05) is 25.2 Å². The number of fused-ring (bicyclic) bond motifs is 1. The highest BCUT2D eigenvalue weighted by Crippen LogP contribution is 2.31. The molecule has 0 fully saturated rings. The minimum absolute atomic E-state index is 0.0106. The van der Waals surface area contributed by atoms with E-state index in [9.17, 15) is 9.90 Å². The van der Waals surface area contributed by atoms with Crippen LogP contribution in [0, 0.1) is 11.2 Å². The van der Waals surface area contributed by atoms with Crippen LogP contribution in [-0.2, 0) is 13.0 Å². The van der Waals surface area contributed by atoms with Gasteiger partial charge >= 0.3 is 5.69 Å². The molecule has 0 aliphatic rings. The molecule has 2 atom stereocenters. The number of benzene rings is 2. The average molecular weight is 628 g/mol. The van der Waals surface area contributed by atoms with Gasteiger partial charge in [-0.05, 0) is 80.3 Å². The van der Waals surface area contributed by atoms with E-state index >= 15 is 4.39 Å². The molecule has 4 rings (SSSR count). The fourth-order valence-electron chi connectivity index (χ4n) is 4.83. The third-order valence-corrected chi connectivity index (χ3v) is 8.01. The summed E-state index contributed by atoms with van der Waals surface area (Å²) in [4.78, 5) is 20.2. The fraction of sp³-hybridized carbons (Fsp3) is 0.387. The number of H-pyrrole nitrogens is 1. The summed E-state index contributed by atoms with van der Waals surface area (Å²) in [7, 11) is 0. The molecule has 9 nitrogen and oxygen atoms in total. The van der Waals surface area contributed by atoms with Gasteiger partial charge in [0.15, 0.2) is 5.82 Å². The molecule has 2 aromatic carbocycles. The van der Waals surface area contributed by atoms with Crippen LogP contribution in [0.25, 0.3) is 28.0 Å². The molecule has 0 amide bonds.